The molecule has 2 atom stereocenters. The molecule has 5 heteroatoms. The molecule has 1 fully saturated rings. The molecule has 0 saturated carbocycles. The first-order valence-corrected chi connectivity index (χ1v) is 7.58. The summed E-state index contributed by atoms with van der Waals surface area (Å²) in [6.07, 6.45) is 9.13. The number of allylic oxidation sites excluding steroid dienone is 2. The molecule has 23 heavy (non-hydrogen) atoms. The number of rotatable bonds is 2. The summed E-state index contributed by atoms with van der Waals surface area (Å²) in [5.74, 6) is 0.699. The van der Waals surface area contributed by atoms with E-state index in [4.69, 9.17) is 9.47 Å². The predicted molar refractivity (Wildman–Crippen MR) is 83.7 cm³/mol. The van der Waals surface area contributed by atoms with Crippen LogP contribution >= 0.6 is 0 Å². The van der Waals surface area contributed by atoms with Crippen molar-refractivity contribution in [1.29, 1.82) is 0 Å². The van der Waals surface area contributed by atoms with E-state index >= 15 is 0 Å². The van der Waals surface area contributed by atoms with Gasteiger partial charge >= 0.3 is 6.09 Å². The van der Waals surface area contributed by atoms with Gasteiger partial charge in [0.2, 0.25) is 0 Å². The van der Waals surface area contributed by atoms with Gasteiger partial charge in [0.1, 0.15) is 11.9 Å². The number of imide groups is 1. The van der Waals surface area contributed by atoms with Gasteiger partial charge in [-0.1, -0.05) is 24.3 Å². The molecule has 1 aromatic rings. The fourth-order valence-electron chi connectivity index (χ4n) is 3.08. The summed E-state index contributed by atoms with van der Waals surface area (Å²) in [7, 11) is 0. The van der Waals surface area contributed by atoms with Crippen LogP contribution in [0.1, 0.15) is 24.0 Å². The van der Waals surface area contributed by atoms with Crippen LogP contribution in [0.2, 0.25) is 0 Å². The van der Waals surface area contributed by atoms with E-state index in [0.717, 1.165) is 21.8 Å². The minimum atomic E-state index is -0.617. The summed E-state index contributed by atoms with van der Waals surface area (Å²) in [6, 6.07) is 5.72. The Morgan fingerprint density at radius 2 is 2.04 bits per heavy atom. The molecular formula is C18H15NO4. The first-order valence-electron chi connectivity index (χ1n) is 7.58. The number of likely N-dealkylation sites (N-methyl/N-ethyl adjacent to an activating group) is 1. The maximum atomic E-state index is 12.1. The maximum Gasteiger partial charge on any atom is 0.422 e. The maximum absolute atomic E-state index is 12.1. The number of amides is 2. The SMILES string of the molecule is CCN1C(=O)OC(=Cc2ccc3c(c2)C2C=CC=CC2O3)C1=O. The highest BCUT2D eigenvalue weighted by molar-refractivity contribution is 6.09. The van der Waals surface area contributed by atoms with Gasteiger partial charge in [-0.25, -0.2) is 9.69 Å². The molecule has 5 nitrogen and oxygen atoms in total. The van der Waals surface area contributed by atoms with Gasteiger partial charge in [-0.2, -0.15) is 0 Å². The molecule has 1 aliphatic carbocycles. The molecular weight excluding hydrogens is 294 g/mol. The number of nitrogens with zero attached hydrogens (tertiary/aromatic N) is 1. The van der Waals surface area contributed by atoms with E-state index in [2.05, 4.69) is 6.08 Å². The standard InChI is InChI=1S/C18H15NO4/c1-2-19-17(20)16(23-18(19)21)10-11-7-8-15-13(9-11)12-5-3-4-6-14(12)22-15/h3-10,12,14H,2H2,1H3. The molecule has 0 spiro atoms. The highest BCUT2D eigenvalue weighted by Crippen LogP contribution is 2.41. The summed E-state index contributed by atoms with van der Waals surface area (Å²) >= 11 is 0. The molecule has 3 aliphatic rings. The van der Waals surface area contributed by atoms with E-state index in [1.807, 2.05) is 36.4 Å². The van der Waals surface area contributed by atoms with Crippen molar-refractivity contribution < 1.29 is 19.1 Å². The number of hydrogen-bond donors (Lipinski definition) is 0. The number of benzene rings is 1. The number of cyclic esters (lactones) is 1. The summed E-state index contributed by atoms with van der Waals surface area (Å²) in [6.45, 7) is 2.03. The van der Waals surface area contributed by atoms with Crippen molar-refractivity contribution in [3.8, 4) is 5.75 Å². The Morgan fingerprint density at radius 1 is 1.22 bits per heavy atom. The molecule has 1 saturated heterocycles. The number of hydrogen-bond acceptors (Lipinski definition) is 4. The highest BCUT2D eigenvalue weighted by atomic mass is 16.6. The van der Waals surface area contributed by atoms with Crippen molar-refractivity contribution in [3.63, 3.8) is 0 Å². The molecule has 116 valence electrons. The molecule has 2 aliphatic heterocycles. The van der Waals surface area contributed by atoms with E-state index in [0.29, 0.717) is 6.54 Å². The number of carbonyl (C=O) groups excluding carboxylic acids is 2. The largest absolute Gasteiger partial charge is 0.485 e. The Morgan fingerprint density at radius 3 is 2.83 bits per heavy atom. The van der Waals surface area contributed by atoms with E-state index in [9.17, 15) is 9.59 Å². The van der Waals surface area contributed by atoms with Gasteiger partial charge in [0, 0.05) is 18.0 Å². The number of fused-ring (bicyclic) bond motifs is 3. The van der Waals surface area contributed by atoms with Gasteiger partial charge in [-0.15, -0.1) is 0 Å². The van der Waals surface area contributed by atoms with E-state index in [1.54, 1.807) is 13.0 Å². The van der Waals surface area contributed by atoms with Gasteiger partial charge in [0.05, 0.1) is 0 Å². The van der Waals surface area contributed by atoms with Crippen LogP contribution < -0.4 is 4.74 Å². The zero-order valence-electron chi connectivity index (χ0n) is 12.6. The first-order chi connectivity index (χ1) is 11.2. The van der Waals surface area contributed by atoms with Crippen LogP contribution in [0.5, 0.6) is 5.75 Å². The average molecular weight is 309 g/mol. The summed E-state index contributed by atoms with van der Waals surface area (Å²) in [5, 5.41) is 0. The summed E-state index contributed by atoms with van der Waals surface area (Å²) in [5.41, 5.74) is 1.89. The van der Waals surface area contributed by atoms with Crippen LogP contribution in [-0.2, 0) is 9.53 Å². The molecule has 2 heterocycles. The van der Waals surface area contributed by atoms with Crippen molar-refractivity contribution in [1.82, 2.24) is 4.90 Å². The van der Waals surface area contributed by atoms with Crippen LogP contribution in [0.3, 0.4) is 0 Å². The lowest BCUT2D eigenvalue weighted by Gasteiger charge is -2.14. The number of ether oxygens (including phenoxy) is 2. The predicted octanol–water partition coefficient (Wildman–Crippen LogP) is 3.00. The first kappa shape index (κ1) is 13.8. The third kappa shape index (κ3) is 2.16. The van der Waals surface area contributed by atoms with Gasteiger partial charge in [0.15, 0.2) is 5.76 Å². The van der Waals surface area contributed by atoms with Crippen LogP contribution in [0.15, 0.2) is 48.3 Å². The van der Waals surface area contributed by atoms with Crippen molar-refractivity contribution in [2.45, 2.75) is 18.9 Å². The highest BCUT2D eigenvalue weighted by Gasteiger charge is 2.36. The molecule has 0 bridgehead atoms. The zero-order valence-corrected chi connectivity index (χ0v) is 12.6. The van der Waals surface area contributed by atoms with Gasteiger partial charge in [0.25, 0.3) is 5.91 Å². The minimum absolute atomic E-state index is 0.0272. The van der Waals surface area contributed by atoms with Crippen LogP contribution in [0, 0.1) is 0 Å². The Hall–Kier alpha value is -2.82. The fourth-order valence-corrected chi connectivity index (χ4v) is 3.08. The smallest absolute Gasteiger partial charge is 0.422 e. The average Bonchev–Trinajstić information content (AvgIpc) is 3.05. The summed E-state index contributed by atoms with van der Waals surface area (Å²) < 4.78 is 10.9. The lowest BCUT2D eigenvalue weighted by atomic mass is 9.91. The number of carbonyl (C=O) groups is 2. The van der Waals surface area contributed by atoms with E-state index in [-0.39, 0.29) is 17.8 Å². The second kappa shape index (κ2) is 5.12. The van der Waals surface area contributed by atoms with Crippen LogP contribution in [-0.4, -0.2) is 29.5 Å². The van der Waals surface area contributed by atoms with Crippen molar-refractivity contribution in [2.24, 2.45) is 0 Å². The molecule has 2 amide bonds. The van der Waals surface area contributed by atoms with Crippen LogP contribution in [0.4, 0.5) is 4.79 Å². The van der Waals surface area contributed by atoms with Crippen molar-refractivity contribution in [2.75, 3.05) is 6.54 Å². The lowest BCUT2D eigenvalue weighted by molar-refractivity contribution is -0.123. The van der Waals surface area contributed by atoms with Gasteiger partial charge in [-0.3, -0.25) is 4.79 Å². The zero-order chi connectivity index (χ0) is 16.0. The normalized spacial score (nSPS) is 26.3. The third-order valence-corrected chi connectivity index (χ3v) is 4.23. The molecule has 2 unspecified atom stereocenters. The second-order valence-corrected chi connectivity index (χ2v) is 5.60. The van der Waals surface area contributed by atoms with Crippen molar-refractivity contribution >= 4 is 18.1 Å². The molecule has 0 aromatic heterocycles. The van der Waals surface area contributed by atoms with E-state index < -0.39 is 12.0 Å². The second-order valence-electron chi connectivity index (χ2n) is 5.60. The minimum Gasteiger partial charge on any atom is -0.485 e. The Labute approximate surface area is 133 Å². The van der Waals surface area contributed by atoms with E-state index in [1.165, 1.54) is 0 Å². The van der Waals surface area contributed by atoms with Crippen LogP contribution in [0.25, 0.3) is 6.08 Å². The summed E-state index contributed by atoms with van der Waals surface area (Å²) in [4.78, 5) is 24.8. The topological polar surface area (TPSA) is 55.8 Å². The molecule has 1 aromatic carbocycles. The Bertz CT molecular complexity index is 790. The van der Waals surface area contributed by atoms with Gasteiger partial charge in [-0.05, 0) is 36.8 Å². The van der Waals surface area contributed by atoms with Gasteiger partial charge < -0.3 is 9.47 Å². The fraction of sp³-hybridized carbons (Fsp3) is 0.222. The molecule has 0 N–H and O–H groups in total. The Balaban J connectivity index is 1.67. The quantitative estimate of drug-likeness (QED) is 0.788. The Kier molecular flexibility index (Phi) is 3.08. The lowest BCUT2D eigenvalue weighted by Crippen LogP contribution is -2.28. The molecule has 4 rings (SSSR count). The third-order valence-electron chi connectivity index (χ3n) is 4.23. The molecule has 0 radical (unpaired) electrons. The monoisotopic (exact) mass is 309 g/mol. The van der Waals surface area contributed by atoms with Crippen molar-refractivity contribution in [3.05, 3.63) is 59.4 Å².